The summed E-state index contributed by atoms with van der Waals surface area (Å²) >= 11 is 0. The molecule has 0 saturated carbocycles. The molecule has 0 aliphatic heterocycles. The van der Waals surface area contributed by atoms with Gasteiger partial charge in [0.1, 0.15) is 0 Å². The van der Waals surface area contributed by atoms with Crippen molar-refractivity contribution in [3.05, 3.63) is 23.5 Å². The van der Waals surface area contributed by atoms with Crippen LogP contribution in [0.25, 0.3) is 0 Å². The first-order valence-electron chi connectivity index (χ1n) is 8.13. The van der Waals surface area contributed by atoms with Gasteiger partial charge < -0.3 is 5.32 Å². The fourth-order valence-electron chi connectivity index (χ4n) is 2.83. The van der Waals surface area contributed by atoms with E-state index in [1.54, 1.807) is 0 Å². The number of hydrogen-bond acceptors (Lipinski definition) is 2. The molecule has 2 nitrogen and oxygen atoms in total. The van der Waals surface area contributed by atoms with Gasteiger partial charge in [-0.3, -0.25) is 4.99 Å². The van der Waals surface area contributed by atoms with Crippen LogP contribution in [0.2, 0.25) is 0 Å². The number of aliphatic imine (C=N–C) groups is 1. The number of hydrogen-bond donors (Lipinski definition) is 1. The van der Waals surface area contributed by atoms with Gasteiger partial charge >= 0.3 is 0 Å². The summed E-state index contributed by atoms with van der Waals surface area (Å²) in [6.45, 7) is 20.0. The van der Waals surface area contributed by atoms with Crippen LogP contribution in [0.3, 0.4) is 0 Å². The van der Waals surface area contributed by atoms with Gasteiger partial charge in [0.2, 0.25) is 0 Å². The van der Waals surface area contributed by atoms with Gasteiger partial charge in [0.05, 0.1) is 0 Å². The van der Waals surface area contributed by atoms with Gasteiger partial charge in [-0.25, -0.2) is 0 Å². The molecule has 2 atom stereocenters. The summed E-state index contributed by atoms with van der Waals surface area (Å²) in [5.74, 6) is 1.17. The summed E-state index contributed by atoms with van der Waals surface area (Å²) in [5.41, 5.74) is 3.31. The van der Waals surface area contributed by atoms with Crippen LogP contribution in [0.5, 0.6) is 0 Å². The highest BCUT2D eigenvalue weighted by atomic mass is 14.9. The van der Waals surface area contributed by atoms with E-state index in [-0.39, 0.29) is 0 Å². The summed E-state index contributed by atoms with van der Waals surface area (Å²) in [5, 5.41) is 3.46. The molecule has 0 bridgehead atoms. The van der Waals surface area contributed by atoms with Crippen molar-refractivity contribution < 1.29 is 0 Å². The molecule has 20 heavy (non-hydrogen) atoms. The van der Waals surface area contributed by atoms with Crippen LogP contribution < -0.4 is 5.32 Å². The van der Waals surface area contributed by atoms with E-state index in [9.17, 15) is 0 Å². The Balaban J connectivity index is 5.06. The van der Waals surface area contributed by atoms with Crippen molar-refractivity contribution in [2.75, 3.05) is 6.54 Å². The monoisotopic (exact) mass is 278 g/mol. The number of unbranched alkanes of at least 4 members (excludes halogenated alkanes) is 1. The Labute approximate surface area is 126 Å². The average molecular weight is 278 g/mol. The number of allylic oxidation sites excluding steroid dienone is 2. The lowest BCUT2D eigenvalue weighted by Crippen LogP contribution is -2.23. The van der Waals surface area contributed by atoms with Gasteiger partial charge in [-0.15, -0.1) is 0 Å². The van der Waals surface area contributed by atoms with Crippen LogP contribution in [0.1, 0.15) is 66.7 Å². The maximum atomic E-state index is 4.24. The number of nitrogens with zero attached hydrogens (tertiary/aromatic N) is 1. The van der Waals surface area contributed by atoms with Gasteiger partial charge in [0, 0.05) is 17.9 Å². The molecule has 0 saturated heterocycles. The number of rotatable bonds is 11. The van der Waals surface area contributed by atoms with Crippen molar-refractivity contribution in [2.24, 2.45) is 16.8 Å². The molecular weight excluding hydrogens is 244 g/mol. The maximum Gasteiger partial charge on any atom is 0.0420 e. The quantitative estimate of drug-likeness (QED) is 0.308. The van der Waals surface area contributed by atoms with Crippen LogP contribution >= 0.6 is 0 Å². The second kappa shape index (κ2) is 10.7. The Morgan fingerprint density at radius 1 is 1.20 bits per heavy atom. The molecule has 0 heterocycles. The fraction of sp³-hybridized carbons (Fsp3) is 0.722. The highest BCUT2D eigenvalue weighted by Gasteiger charge is 2.22. The third-order valence-electron chi connectivity index (χ3n) is 4.17. The van der Waals surface area contributed by atoms with Crippen molar-refractivity contribution >= 4 is 6.72 Å². The highest BCUT2D eigenvalue weighted by molar-refractivity contribution is 5.38. The summed E-state index contributed by atoms with van der Waals surface area (Å²) in [4.78, 5) is 4.16. The van der Waals surface area contributed by atoms with E-state index in [1.165, 1.54) is 37.7 Å². The van der Waals surface area contributed by atoms with Gasteiger partial charge in [0.15, 0.2) is 0 Å². The molecule has 0 amide bonds. The van der Waals surface area contributed by atoms with Crippen molar-refractivity contribution in [2.45, 2.75) is 66.7 Å². The molecule has 0 aromatic heterocycles. The molecule has 0 spiro atoms. The molecule has 0 radical (unpaired) electrons. The van der Waals surface area contributed by atoms with Crippen molar-refractivity contribution in [3.8, 4) is 0 Å². The standard InChI is InChI=1S/C18H34N2/c1-8-11-13-20-16(6)18(15(5)19-7)14(4)17(10-3)12-9-2/h14,17,20H,6-13H2,1-5H3/b18-15-. The predicted molar refractivity (Wildman–Crippen MR) is 92.2 cm³/mol. The first-order chi connectivity index (χ1) is 9.53. The molecule has 116 valence electrons. The normalized spacial score (nSPS) is 15.2. The van der Waals surface area contributed by atoms with Crippen molar-refractivity contribution in [3.63, 3.8) is 0 Å². The van der Waals surface area contributed by atoms with Crippen LogP contribution in [0.15, 0.2) is 28.5 Å². The molecule has 2 unspecified atom stereocenters. The molecular formula is C18H34N2. The first kappa shape index (κ1) is 18.9. The van der Waals surface area contributed by atoms with E-state index >= 15 is 0 Å². The van der Waals surface area contributed by atoms with Crippen LogP contribution in [-0.4, -0.2) is 13.3 Å². The minimum absolute atomic E-state index is 0.479. The molecule has 0 fully saturated rings. The van der Waals surface area contributed by atoms with E-state index in [1.807, 2.05) is 6.92 Å². The van der Waals surface area contributed by atoms with Gasteiger partial charge in [-0.2, -0.15) is 0 Å². The molecule has 2 heteroatoms. The zero-order valence-electron chi connectivity index (χ0n) is 14.3. The average Bonchev–Trinajstić information content (AvgIpc) is 2.44. The van der Waals surface area contributed by atoms with E-state index < -0.39 is 0 Å². The van der Waals surface area contributed by atoms with E-state index in [4.69, 9.17) is 0 Å². The van der Waals surface area contributed by atoms with E-state index in [0.717, 1.165) is 17.9 Å². The maximum absolute atomic E-state index is 4.24. The second-order valence-electron chi connectivity index (χ2n) is 5.66. The van der Waals surface area contributed by atoms with E-state index in [2.05, 4.69) is 51.3 Å². The Morgan fingerprint density at radius 3 is 2.30 bits per heavy atom. The smallest absolute Gasteiger partial charge is 0.0420 e. The lowest BCUT2D eigenvalue weighted by atomic mass is 9.81. The minimum atomic E-state index is 0.479. The molecule has 0 aliphatic rings. The SMILES string of the molecule is C=N/C(C)=C(\C(=C)NCCCC)C(C)C(CC)CCC. The van der Waals surface area contributed by atoms with Crippen LogP contribution in [-0.2, 0) is 0 Å². The largest absolute Gasteiger partial charge is 0.385 e. The third kappa shape index (κ3) is 5.94. The topological polar surface area (TPSA) is 24.4 Å². The predicted octanol–water partition coefficient (Wildman–Crippen LogP) is 5.33. The molecule has 0 aliphatic carbocycles. The Hall–Kier alpha value is -1.05. The Kier molecular flexibility index (Phi) is 10.1. The van der Waals surface area contributed by atoms with Gasteiger partial charge in [-0.05, 0) is 37.5 Å². The first-order valence-corrected chi connectivity index (χ1v) is 8.13. The lowest BCUT2D eigenvalue weighted by molar-refractivity contribution is 0.360. The van der Waals surface area contributed by atoms with Gasteiger partial charge in [0.25, 0.3) is 0 Å². The van der Waals surface area contributed by atoms with Crippen LogP contribution in [0, 0.1) is 11.8 Å². The summed E-state index contributed by atoms with van der Waals surface area (Å²) < 4.78 is 0. The van der Waals surface area contributed by atoms with Crippen molar-refractivity contribution in [1.29, 1.82) is 0 Å². The Morgan fingerprint density at radius 2 is 1.85 bits per heavy atom. The lowest BCUT2D eigenvalue weighted by Gasteiger charge is -2.27. The molecule has 1 N–H and O–H groups in total. The number of nitrogens with one attached hydrogen (secondary N) is 1. The Bertz CT molecular complexity index is 328. The van der Waals surface area contributed by atoms with Crippen LogP contribution in [0.4, 0.5) is 0 Å². The zero-order valence-corrected chi connectivity index (χ0v) is 14.3. The summed E-state index contributed by atoms with van der Waals surface area (Å²) in [6, 6.07) is 0. The molecule has 0 aromatic rings. The van der Waals surface area contributed by atoms with Gasteiger partial charge in [-0.1, -0.05) is 60.0 Å². The third-order valence-corrected chi connectivity index (χ3v) is 4.17. The van der Waals surface area contributed by atoms with Crippen molar-refractivity contribution in [1.82, 2.24) is 5.32 Å². The highest BCUT2D eigenvalue weighted by Crippen LogP contribution is 2.32. The second-order valence-corrected chi connectivity index (χ2v) is 5.66. The molecule has 0 rings (SSSR count). The summed E-state index contributed by atoms with van der Waals surface area (Å²) in [6.07, 6.45) is 6.06. The summed E-state index contributed by atoms with van der Waals surface area (Å²) in [7, 11) is 0. The zero-order chi connectivity index (χ0) is 15.5. The molecule has 0 aromatic carbocycles. The minimum Gasteiger partial charge on any atom is -0.385 e. The van der Waals surface area contributed by atoms with E-state index in [0.29, 0.717) is 11.8 Å². The fourth-order valence-corrected chi connectivity index (χ4v) is 2.83.